The van der Waals surface area contributed by atoms with E-state index in [1.807, 2.05) is 24.3 Å². The van der Waals surface area contributed by atoms with E-state index in [1.165, 1.54) is 4.57 Å². The summed E-state index contributed by atoms with van der Waals surface area (Å²) < 4.78 is 1.47. The fourth-order valence-corrected chi connectivity index (χ4v) is 4.37. The number of benzene rings is 1. The van der Waals surface area contributed by atoms with Gasteiger partial charge in [-0.15, -0.1) is 0 Å². The highest BCUT2D eigenvalue weighted by atomic mass is 16.2. The second-order valence-electron chi connectivity index (χ2n) is 8.83. The topological polar surface area (TPSA) is 117 Å². The number of hydrogen-bond acceptors (Lipinski definition) is 6. The molecule has 2 amide bonds. The van der Waals surface area contributed by atoms with Crippen LogP contribution in [0, 0.1) is 5.92 Å². The van der Waals surface area contributed by atoms with E-state index in [9.17, 15) is 9.59 Å². The molecular weight excluding hydrogens is 406 g/mol. The van der Waals surface area contributed by atoms with Gasteiger partial charge in [-0.25, -0.2) is 9.59 Å². The van der Waals surface area contributed by atoms with Crippen molar-refractivity contribution >= 4 is 11.8 Å². The van der Waals surface area contributed by atoms with E-state index in [0.717, 1.165) is 50.1 Å². The molecule has 1 saturated carbocycles. The third-order valence-corrected chi connectivity index (χ3v) is 6.49. The van der Waals surface area contributed by atoms with Gasteiger partial charge in [0.15, 0.2) is 0 Å². The summed E-state index contributed by atoms with van der Waals surface area (Å²) in [6, 6.07) is 10.1. The van der Waals surface area contributed by atoms with E-state index in [-0.39, 0.29) is 11.8 Å². The maximum atomic E-state index is 12.5. The van der Waals surface area contributed by atoms with Gasteiger partial charge in [0.05, 0.1) is 5.69 Å². The van der Waals surface area contributed by atoms with Crippen LogP contribution in [-0.2, 0) is 6.54 Å². The molecule has 9 heteroatoms. The van der Waals surface area contributed by atoms with E-state index in [1.54, 1.807) is 17.2 Å². The van der Waals surface area contributed by atoms with E-state index in [4.69, 9.17) is 5.73 Å². The van der Waals surface area contributed by atoms with Crippen molar-refractivity contribution in [3.05, 3.63) is 52.6 Å². The van der Waals surface area contributed by atoms with Crippen LogP contribution in [-0.4, -0.2) is 58.7 Å². The maximum Gasteiger partial charge on any atom is 0.354 e. The van der Waals surface area contributed by atoms with Gasteiger partial charge in [-0.2, -0.15) is 4.98 Å². The van der Waals surface area contributed by atoms with Crippen molar-refractivity contribution < 1.29 is 4.79 Å². The molecule has 5 N–H and O–H groups in total. The number of rotatable bonds is 5. The van der Waals surface area contributed by atoms with Crippen molar-refractivity contribution in [3.63, 3.8) is 0 Å². The average Bonchev–Trinajstić information content (AvgIpc) is 2.81. The van der Waals surface area contributed by atoms with Gasteiger partial charge in [-0.05, 0) is 48.9 Å². The lowest BCUT2D eigenvalue weighted by atomic mass is 9.83. The quantitative estimate of drug-likeness (QED) is 0.558. The number of nitrogens with two attached hydrogens (primary N) is 1. The molecule has 2 aromatic rings. The molecular formula is C23H33N7O2. The highest BCUT2D eigenvalue weighted by molar-refractivity contribution is 5.88. The molecule has 1 aliphatic carbocycles. The van der Waals surface area contributed by atoms with Gasteiger partial charge in [-0.1, -0.05) is 19.1 Å². The third kappa shape index (κ3) is 5.53. The zero-order chi connectivity index (χ0) is 22.5. The largest absolute Gasteiger partial charge is 0.354 e. The Morgan fingerprint density at radius 3 is 2.62 bits per heavy atom. The molecule has 0 spiro atoms. The number of carbonyl (C=O) groups is 1. The first-order valence-corrected chi connectivity index (χ1v) is 11.4. The molecule has 1 aliphatic heterocycles. The molecule has 9 nitrogen and oxygen atoms in total. The van der Waals surface area contributed by atoms with Crippen molar-refractivity contribution in [1.29, 1.82) is 0 Å². The van der Waals surface area contributed by atoms with E-state index in [2.05, 4.69) is 27.9 Å². The Bertz CT molecular complexity index is 969. The molecule has 172 valence electrons. The number of piperazine rings is 1. The van der Waals surface area contributed by atoms with Crippen LogP contribution in [0.3, 0.4) is 0 Å². The summed E-state index contributed by atoms with van der Waals surface area (Å²) in [6.45, 7) is 5.82. The molecule has 3 atom stereocenters. The van der Waals surface area contributed by atoms with Crippen molar-refractivity contribution in [1.82, 2.24) is 25.1 Å². The van der Waals surface area contributed by atoms with Crippen LogP contribution in [0.25, 0.3) is 5.69 Å². The number of aromatic nitrogens is 2. The van der Waals surface area contributed by atoms with Crippen LogP contribution in [0.4, 0.5) is 10.6 Å². The van der Waals surface area contributed by atoms with E-state index < -0.39 is 5.69 Å². The molecule has 1 aromatic carbocycles. The van der Waals surface area contributed by atoms with Crippen LogP contribution in [0.5, 0.6) is 0 Å². The fourth-order valence-electron chi connectivity index (χ4n) is 4.37. The van der Waals surface area contributed by atoms with Gasteiger partial charge >= 0.3 is 11.7 Å². The maximum absolute atomic E-state index is 12.5. The predicted molar refractivity (Wildman–Crippen MR) is 125 cm³/mol. The van der Waals surface area contributed by atoms with Crippen molar-refractivity contribution in [2.45, 2.75) is 44.8 Å². The summed E-state index contributed by atoms with van der Waals surface area (Å²) in [5.41, 5.74) is 7.59. The Kier molecular flexibility index (Phi) is 7.19. The first-order valence-electron chi connectivity index (χ1n) is 11.4. The summed E-state index contributed by atoms with van der Waals surface area (Å²) in [5.74, 6) is 0.810. The molecule has 0 bridgehead atoms. The standard InChI is InChI=1S/C23H33N7O2/c1-16-14-18(4-7-20(16)24)26-15-17-2-5-19(6-3-17)30-11-8-21(28-23(30)32)27-22(31)29-12-9-25-10-13-29/h2-3,5-6,8,11,16,18,20,25-26H,4,7,9-10,12-15,24H2,1H3,(H,27,28,31,32). The number of anilines is 1. The Morgan fingerprint density at radius 2 is 1.94 bits per heavy atom. The van der Waals surface area contributed by atoms with Gasteiger partial charge in [0.1, 0.15) is 5.82 Å². The van der Waals surface area contributed by atoms with Crippen LogP contribution in [0.15, 0.2) is 41.3 Å². The van der Waals surface area contributed by atoms with Crippen molar-refractivity contribution in [3.8, 4) is 5.69 Å². The molecule has 3 unspecified atom stereocenters. The number of amides is 2. The first-order chi connectivity index (χ1) is 15.5. The number of carbonyl (C=O) groups excluding carboxylic acids is 1. The second-order valence-corrected chi connectivity index (χ2v) is 8.83. The van der Waals surface area contributed by atoms with Gasteiger partial charge in [0.2, 0.25) is 0 Å². The van der Waals surface area contributed by atoms with Crippen LogP contribution in [0.2, 0.25) is 0 Å². The Balaban J connectivity index is 1.34. The zero-order valence-electron chi connectivity index (χ0n) is 18.6. The minimum absolute atomic E-state index is 0.234. The van der Waals surface area contributed by atoms with Gasteiger partial charge in [0, 0.05) is 51.0 Å². The van der Waals surface area contributed by atoms with Gasteiger partial charge < -0.3 is 21.3 Å². The number of hydrogen-bond donors (Lipinski definition) is 4. The lowest BCUT2D eigenvalue weighted by Crippen LogP contribution is -2.48. The first kappa shape index (κ1) is 22.4. The summed E-state index contributed by atoms with van der Waals surface area (Å²) >= 11 is 0. The second kappa shape index (κ2) is 10.2. The molecule has 1 saturated heterocycles. The Morgan fingerprint density at radius 1 is 1.19 bits per heavy atom. The number of urea groups is 1. The minimum atomic E-state index is -0.429. The van der Waals surface area contributed by atoms with Crippen LogP contribution >= 0.6 is 0 Å². The third-order valence-electron chi connectivity index (χ3n) is 6.49. The monoisotopic (exact) mass is 439 g/mol. The van der Waals surface area contributed by atoms with Crippen LogP contribution in [0.1, 0.15) is 31.7 Å². The summed E-state index contributed by atoms with van der Waals surface area (Å²) in [6.07, 6.45) is 4.93. The molecule has 32 heavy (non-hydrogen) atoms. The van der Waals surface area contributed by atoms with E-state index >= 15 is 0 Å². The lowest BCUT2D eigenvalue weighted by Gasteiger charge is -2.32. The smallest absolute Gasteiger partial charge is 0.327 e. The highest BCUT2D eigenvalue weighted by Crippen LogP contribution is 2.23. The molecule has 4 rings (SSSR count). The Hall–Kier alpha value is -2.75. The summed E-state index contributed by atoms with van der Waals surface area (Å²) in [7, 11) is 0. The van der Waals surface area contributed by atoms with Crippen molar-refractivity contribution in [2.75, 3.05) is 31.5 Å². The van der Waals surface area contributed by atoms with Gasteiger partial charge in [-0.3, -0.25) is 9.88 Å². The fraction of sp³-hybridized carbons (Fsp3) is 0.522. The number of nitrogens with zero attached hydrogens (tertiary/aromatic N) is 3. The summed E-state index contributed by atoms with van der Waals surface area (Å²) in [5, 5.41) is 9.54. The molecule has 2 heterocycles. The summed E-state index contributed by atoms with van der Waals surface area (Å²) in [4.78, 5) is 30.6. The zero-order valence-corrected chi connectivity index (χ0v) is 18.6. The van der Waals surface area contributed by atoms with Crippen LogP contribution < -0.4 is 27.4 Å². The Labute approximate surface area is 188 Å². The number of nitrogens with one attached hydrogen (secondary N) is 3. The lowest BCUT2D eigenvalue weighted by molar-refractivity contribution is 0.204. The average molecular weight is 440 g/mol. The normalized spacial score (nSPS) is 23.7. The molecule has 0 radical (unpaired) electrons. The molecule has 1 aromatic heterocycles. The van der Waals surface area contributed by atoms with E-state index in [0.29, 0.717) is 31.1 Å². The molecule has 2 fully saturated rings. The van der Waals surface area contributed by atoms with Crippen molar-refractivity contribution in [2.24, 2.45) is 11.7 Å². The van der Waals surface area contributed by atoms with Gasteiger partial charge in [0.25, 0.3) is 0 Å². The SMILES string of the molecule is CC1CC(NCc2ccc(-n3ccc(NC(=O)N4CCNCC4)nc3=O)cc2)CCC1N. The highest BCUT2D eigenvalue weighted by Gasteiger charge is 2.24. The molecule has 2 aliphatic rings. The predicted octanol–water partition coefficient (Wildman–Crippen LogP) is 1.28. The minimum Gasteiger partial charge on any atom is -0.327 e.